The Morgan fingerprint density at radius 2 is 1.67 bits per heavy atom. The minimum atomic E-state index is -0.0155. The molecule has 0 bridgehead atoms. The highest BCUT2D eigenvalue weighted by Crippen LogP contribution is 2.29. The fourth-order valence-corrected chi connectivity index (χ4v) is 4.37. The van der Waals surface area contributed by atoms with Crippen LogP contribution in [0.4, 0.5) is 4.79 Å². The van der Waals surface area contributed by atoms with Crippen molar-refractivity contribution in [1.29, 1.82) is 0 Å². The monoisotopic (exact) mass is 363 g/mol. The van der Waals surface area contributed by atoms with Crippen molar-refractivity contribution in [3.63, 3.8) is 0 Å². The first kappa shape index (κ1) is 18.1. The SMILES string of the molecule is O=C(NC1CCN(Cc2ccccc2)CC1)N[C@H]1CCCc2ccccc21. The molecular formula is C23H29N3O. The molecule has 4 nitrogen and oxygen atoms in total. The number of aryl methyl sites for hydroxylation is 1. The normalized spacial score (nSPS) is 20.7. The van der Waals surface area contributed by atoms with Crippen LogP contribution in [0.15, 0.2) is 54.6 Å². The maximum atomic E-state index is 12.5. The summed E-state index contributed by atoms with van der Waals surface area (Å²) in [5.41, 5.74) is 4.03. The van der Waals surface area contributed by atoms with Crippen LogP contribution in [0.5, 0.6) is 0 Å². The van der Waals surface area contributed by atoms with Gasteiger partial charge in [-0.1, -0.05) is 54.6 Å². The third kappa shape index (κ3) is 4.69. The van der Waals surface area contributed by atoms with Crippen molar-refractivity contribution in [3.8, 4) is 0 Å². The third-order valence-electron chi connectivity index (χ3n) is 5.85. The average Bonchev–Trinajstić information content (AvgIpc) is 2.71. The maximum Gasteiger partial charge on any atom is 0.315 e. The zero-order valence-electron chi connectivity index (χ0n) is 15.9. The van der Waals surface area contributed by atoms with Gasteiger partial charge >= 0.3 is 6.03 Å². The molecule has 1 atom stereocenters. The maximum absolute atomic E-state index is 12.5. The van der Waals surface area contributed by atoms with Gasteiger partial charge in [0.05, 0.1) is 6.04 Å². The van der Waals surface area contributed by atoms with E-state index in [1.54, 1.807) is 0 Å². The van der Waals surface area contributed by atoms with Crippen LogP contribution in [0, 0.1) is 0 Å². The van der Waals surface area contributed by atoms with Crippen molar-refractivity contribution in [2.45, 2.75) is 50.7 Å². The second kappa shape index (κ2) is 8.57. The zero-order chi connectivity index (χ0) is 18.5. The first-order valence-electron chi connectivity index (χ1n) is 10.2. The van der Waals surface area contributed by atoms with Gasteiger partial charge in [0.25, 0.3) is 0 Å². The van der Waals surface area contributed by atoms with E-state index in [0.717, 1.165) is 51.7 Å². The Morgan fingerprint density at radius 3 is 2.48 bits per heavy atom. The predicted molar refractivity (Wildman–Crippen MR) is 109 cm³/mol. The number of amides is 2. The molecule has 142 valence electrons. The van der Waals surface area contributed by atoms with Gasteiger partial charge in [-0.25, -0.2) is 4.79 Å². The van der Waals surface area contributed by atoms with Crippen molar-refractivity contribution in [2.24, 2.45) is 0 Å². The molecule has 2 aromatic rings. The van der Waals surface area contributed by atoms with E-state index >= 15 is 0 Å². The molecular weight excluding hydrogens is 334 g/mol. The number of hydrogen-bond acceptors (Lipinski definition) is 2. The summed E-state index contributed by atoms with van der Waals surface area (Å²) < 4.78 is 0. The Bertz CT molecular complexity index is 753. The summed E-state index contributed by atoms with van der Waals surface area (Å²) in [7, 11) is 0. The smallest absolute Gasteiger partial charge is 0.315 e. The summed E-state index contributed by atoms with van der Waals surface area (Å²) in [5.74, 6) is 0. The number of hydrogen-bond donors (Lipinski definition) is 2. The number of carbonyl (C=O) groups excluding carboxylic acids is 1. The molecule has 0 spiro atoms. The Labute approximate surface area is 162 Å². The summed E-state index contributed by atoms with van der Waals surface area (Å²) in [6, 6.07) is 19.5. The first-order valence-corrected chi connectivity index (χ1v) is 10.2. The number of nitrogens with zero attached hydrogens (tertiary/aromatic N) is 1. The molecule has 2 aliphatic rings. The molecule has 2 N–H and O–H groups in total. The van der Waals surface area contributed by atoms with Crippen LogP contribution in [0.2, 0.25) is 0 Å². The molecule has 2 aromatic carbocycles. The number of benzene rings is 2. The highest BCUT2D eigenvalue weighted by atomic mass is 16.2. The van der Waals surface area contributed by atoms with Crippen LogP contribution in [0.3, 0.4) is 0 Å². The van der Waals surface area contributed by atoms with Crippen LogP contribution < -0.4 is 10.6 Å². The Kier molecular flexibility index (Phi) is 5.73. The van der Waals surface area contributed by atoms with Crippen LogP contribution in [-0.4, -0.2) is 30.1 Å². The van der Waals surface area contributed by atoms with Crippen molar-refractivity contribution < 1.29 is 4.79 Å². The molecule has 1 aliphatic carbocycles. The number of likely N-dealkylation sites (tertiary alicyclic amines) is 1. The van der Waals surface area contributed by atoms with E-state index in [1.165, 1.54) is 16.7 Å². The van der Waals surface area contributed by atoms with Crippen molar-refractivity contribution in [2.75, 3.05) is 13.1 Å². The van der Waals surface area contributed by atoms with E-state index in [0.29, 0.717) is 0 Å². The summed E-state index contributed by atoms with van der Waals surface area (Å²) in [4.78, 5) is 15.0. The van der Waals surface area contributed by atoms with Crippen molar-refractivity contribution >= 4 is 6.03 Å². The Morgan fingerprint density at radius 1 is 0.926 bits per heavy atom. The molecule has 4 heteroatoms. The molecule has 0 aromatic heterocycles. The zero-order valence-corrected chi connectivity index (χ0v) is 15.9. The van der Waals surface area contributed by atoms with Crippen LogP contribution in [-0.2, 0) is 13.0 Å². The number of nitrogens with one attached hydrogen (secondary N) is 2. The van der Waals surface area contributed by atoms with E-state index in [1.807, 2.05) is 0 Å². The van der Waals surface area contributed by atoms with Gasteiger partial charge in [0, 0.05) is 25.7 Å². The van der Waals surface area contributed by atoms with Crippen molar-refractivity contribution in [3.05, 3.63) is 71.3 Å². The number of urea groups is 1. The average molecular weight is 364 g/mol. The third-order valence-corrected chi connectivity index (χ3v) is 5.85. The largest absolute Gasteiger partial charge is 0.335 e. The molecule has 4 rings (SSSR count). The fourth-order valence-electron chi connectivity index (χ4n) is 4.37. The lowest BCUT2D eigenvalue weighted by molar-refractivity contribution is 0.185. The summed E-state index contributed by atoms with van der Waals surface area (Å²) in [6.07, 6.45) is 5.32. The lowest BCUT2D eigenvalue weighted by Gasteiger charge is -2.33. The molecule has 0 unspecified atom stereocenters. The van der Waals surface area contributed by atoms with Gasteiger partial charge in [-0.2, -0.15) is 0 Å². The van der Waals surface area contributed by atoms with Crippen LogP contribution in [0.25, 0.3) is 0 Å². The van der Waals surface area contributed by atoms with Gasteiger partial charge < -0.3 is 10.6 Å². The molecule has 1 saturated heterocycles. The quantitative estimate of drug-likeness (QED) is 0.861. The van der Waals surface area contributed by atoms with E-state index in [4.69, 9.17) is 0 Å². The van der Waals surface area contributed by atoms with E-state index in [2.05, 4.69) is 70.1 Å². The lowest BCUT2D eigenvalue weighted by Crippen LogP contribution is -2.48. The number of rotatable bonds is 4. The van der Waals surface area contributed by atoms with E-state index < -0.39 is 0 Å². The second-order valence-electron chi connectivity index (χ2n) is 7.80. The molecule has 1 aliphatic heterocycles. The molecule has 1 fully saturated rings. The standard InChI is InChI=1S/C23H29N3O/c27-23(25-22-12-6-10-19-9-4-5-11-21(19)22)24-20-13-15-26(16-14-20)17-18-7-2-1-3-8-18/h1-5,7-9,11,20,22H,6,10,12-17H2,(H2,24,25,27)/t22-/m0/s1. The molecule has 1 heterocycles. The molecule has 2 amide bonds. The van der Waals surface area contributed by atoms with Gasteiger partial charge in [0.2, 0.25) is 0 Å². The number of fused-ring (bicyclic) bond motifs is 1. The highest BCUT2D eigenvalue weighted by molar-refractivity contribution is 5.75. The predicted octanol–water partition coefficient (Wildman–Crippen LogP) is 4.03. The lowest BCUT2D eigenvalue weighted by atomic mass is 9.88. The second-order valence-corrected chi connectivity index (χ2v) is 7.80. The van der Waals surface area contributed by atoms with Gasteiger partial charge in [-0.15, -0.1) is 0 Å². The highest BCUT2D eigenvalue weighted by Gasteiger charge is 2.24. The Balaban J connectivity index is 1.24. The summed E-state index contributed by atoms with van der Waals surface area (Å²) >= 11 is 0. The topological polar surface area (TPSA) is 44.4 Å². The van der Waals surface area contributed by atoms with E-state index in [9.17, 15) is 4.79 Å². The summed E-state index contributed by atoms with van der Waals surface area (Å²) in [5, 5.41) is 6.41. The van der Waals surface area contributed by atoms with Gasteiger partial charge in [-0.3, -0.25) is 4.90 Å². The van der Waals surface area contributed by atoms with E-state index in [-0.39, 0.29) is 18.1 Å². The van der Waals surface area contributed by atoms with Gasteiger partial charge in [-0.05, 0) is 48.8 Å². The van der Waals surface area contributed by atoms with Gasteiger partial charge in [0.15, 0.2) is 0 Å². The molecule has 0 saturated carbocycles. The number of carbonyl (C=O) groups is 1. The molecule has 0 radical (unpaired) electrons. The van der Waals surface area contributed by atoms with Gasteiger partial charge in [0.1, 0.15) is 0 Å². The number of piperidine rings is 1. The summed E-state index contributed by atoms with van der Waals surface area (Å²) in [6.45, 7) is 3.07. The Hall–Kier alpha value is -2.33. The first-order chi connectivity index (χ1) is 13.3. The van der Waals surface area contributed by atoms with Crippen LogP contribution in [0.1, 0.15) is 48.4 Å². The minimum Gasteiger partial charge on any atom is -0.335 e. The van der Waals surface area contributed by atoms with Crippen LogP contribution >= 0.6 is 0 Å². The molecule has 27 heavy (non-hydrogen) atoms. The fraction of sp³-hybridized carbons (Fsp3) is 0.435. The van der Waals surface area contributed by atoms with Crippen molar-refractivity contribution in [1.82, 2.24) is 15.5 Å². The minimum absolute atomic E-state index is 0.0155.